The Morgan fingerprint density at radius 3 is 1.86 bits per heavy atom. The molecule has 158 valence electrons. The van der Waals surface area contributed by atoms with E-state index in [0.29, 0.717) is 5.92 Å². The molecule has 0 bridgehead atoms. The summed E-state index contributed by atoms with van der Waals surface area (Å²) in [6, 6.07) is 0. The topological polar surface area (TPSA) is 0 Å². The average Bonchev–Trinajstić information content (AvgIpc) is 2.73. The third-order valence-electron chi connectivity index (χ3n) is 8.08. The van der Waals surface area contributed by atoms with E-state index in [4.69, 9.17) is 0 Å². The maximum atomic E-state index is 12.2. The highest BCUT2D eigenvalue weighted by molar-refractivity contribution is 5.09. The lowest BCUT2D eigenvalue weighted by Crippen LogP contribution is -2.17. The van der Waals surface area contributed by atoms with E-state index in [2.05, 4.69) is 32.1 Å². The summed E-state index contributed by atoms with van der Waals surface area (Å²) in [5, 5.41) is 0. The van der Waals surface area contributed by atoms with Crippen LogP contribution in [0.1, 0.15) is 97.3 Å². The van der Waals surface area contributed by atoms with Gasteiger partial charge in [0.25, 0.3) is 0 Å². The quantitative estimate of drug-likeness (QED) is 0.400. The Hall–Kier alpha value is -0.850. The minimum Gasteiger partial charge on any atom is -0.216 e. The monoisotopic (exact) mass is 386 g/mol. The minimum absolute atomic E-state index is 0.714. The Bertz CT molecular complexity index is 518. The van der Waals surface area contributed by atoms with Crippen molar-refractivity contribution >= 4 is 0 Å². The largest absolute Gasteiger partial charge is 0.216 e. The second-order valence-electron chi connectivity index (χ2n) is 10.3. The molecule has 3 rings (SSSR count). The summed E-state index contributed by atoms with van der Waals surface area (Å²) >= 11 is 0. The molecule has 0 aromatic rings. The van der Waals surface area contributed by atoms with Gasteiger partial charge in [0.15, 0.2) is 0 Å². The first-order valence-corrected chi connectivity index (χ1v) is 12.3. The van der Waals surface area contributed by atoms with E-state index >= 15 is 0 Å². The molecule has 0 amide bonds. The number of rotatable bonds is 6. The molecular weight excluding hydrogens is 343 g/mol. The summed E-state index contributed by atoms with van der Waals surface area (Å²) in [4.78, 5) is 0. The van der Waals surface area contributed by atoms with Gasteiger partial charge in [-0.15, -0.1) is 0 Å². The molecule has 0 aromatic carbocycles. The molecule has 0 atom stereocenters. The van der Waals surface area contributed by atoms with E-state index < -0.39 is 0 Å². The van der Waals surface area contributed by atoms with Crippen molar-refractivity contribution in [2.45, 2.75) is 97.3 Å². The number of halogens is 1. The Kier molecular flexibility index (Phi) is 8.87. The van der Waals surface area contributed by atoms with Crippen LogP contribution in [-0.4, -0.2) is 0 Å². The maximum Gasteiger partial charge on any atom is 0.0827 e. The average molecular weight is 387 g/mol. The second-order valence-corrected chi connectivity index (χ2v) is 10.3. The van der Waals surface area contributed by atoms with Crippen LogP contribution in [0.2, 0.25) is 0 Å². The summed E-state index contributed by atoms with van der Waals surface area (Å²) in [6.45, 7) is 4.80. The molecule has 0 radical (unpaired) electrons. The fourth-order valence-electron chi connectivity index (χ4n) is 5.90. The van der Waals surface area contributed by atoms with Gasteiger partial charge in [-0.25, -0.2) is 4.39 Å². The molecule has 0 N–H and O–H groups in total. The zero-order chi connectivity index (χ0) is 19.8. The van der Waals surface area contributed by atoms with Crippen LogP contribution in [0.15, 0.2) is 36.2 Å². The van der Waals surface area contributed by atoms with Crippen molar-refractivity contribution in [2.75, 3.05) is 0 Å². The molecule has 0 heterocycles. The van der Waals surface area contributed by atoms with Crippen molar-refractivity contribution in [3.05, 3.63) is 36.2 Å². The van der Waals surface area contributed by atoms with Crippen molar-refractivity contribution in [2.24, 2.45) is 35.5 Å². The summed E-state index contributed by atoms with van der Waals surface area (Å²) in [6.07, 6.45) is 27.5. The van der Waals surface area contributed by atoms with Crippen molar-refractivity contribution < 1.29 is 4.39 Å². The normalized spacial score (nSPS) is 38.3. The van der Waals surface area contributed by atoms with Gasteiger partial charge in [-0.1, -0.05) is 49.6 Å². The van der Waals surface area contributed by atoms with Gasteiger partial charge in [0.1, 0.15) is 0 Å². The predicted molar refractivity (Wildman–Crippen MR) is 120 cm³/mol. The van der Waals surface area contributed by atoms with Crippen LogP contribution in [0.25, 0.3) is 0 Å². The summed E-state index contributed by atoms with van der Waals surface area (Å²) in [5.41, 5.74) is 1.66. The highest BCUT2D eigenvalue weighted by Gasteiger charge is 2.24. The van der Waals surface area contributed by atoms with Gasteiger partial charge in [0, 0.05) is 0 Å². The Morgan fingerprint density at radius 2 is 1.29 bits per heavy atom. The molecule has 0 spiro atoms. The molecule has 0 aromatic heterocycles. The molecule has 3 aliphatic rings. The van der Waals surface area contributed by atoms with E-state index in [-0.39, 0.29) is 0 Å². The van der Waals surface area contributed by atoms with Crippen LogP contribution in [0.5, 0.6) is 0 Å². The van der Waals surface area contributed by atoms with E-state index in [0.717, 1.165) is 42.3 Å². The molecule has 0 unspecified atom stereocenters. The van der Waals surface area contributed by atoms with Crippen molar-refractivity contribution in [1.82, 2.24) is 0 Å². The van der Waals surface area contributed by atoms with Crippen molar-refractivity contribution in [3.63, 3.8) is 0 Å². The Balaban J connectivity index is 1.37. The SMILES string of the molecule is CC(=CC1CCC(C/C=C/F)CC1)C1CCC(C=CC2CCC(C)CC2)CC1. The van der Waals surface area contributed by atoms with Gasteiger partial charge < -0.3 is 0 Å². The second kappa shape index (κ2) is 11.4. The summed E-state index contributed by atoms with van der Waals surface area (Å²) in [7, 11) is 0. The molecule has 3 saturated carbocycles. The minimum atomic E-state index is 0.714. The number of hydrogen-bond acceptors (Lipinski definition) is 0. The molecule has 0 saturated heterocycles. The fourth-order valence-corrected chi connectivity index (χ4v) is 5.90. The van der Waals surface area contributed by atoms with Gasteiger partial charge in [-0.05, 0) is 113 Å². The highest BCUT2D eigenvalue weighted by Crippen LogP contribution is 2.38. The van der Waals surface area contributed by atoms with E-state index in [9.17, 15) is 4.39 Å². The van der Waals surface area contributed by atoms with E-state index in [1.807, 2.05) is 0 Å². The van der Waals surface area contributed by atoms with E-state index in [1.165, 1.54) is 77.0 Å². The standard InChI is InChI=1S/C27H43F/c1-21-5-7-24(8-6-21)9-10-25-15-17-27(18-16-25)22(2)20-26-13-11-23(12-14-26)4-3-19-28/h3,9-10,19-21,23-27H,4-8,11-18H2,1-2H3/b10-9?,19-3+,22-20?. The Labute approximate surface area is 173 Å². The van der Waals surface area contributed by atoms with Gasteiger partial charge in [0.05, 0.1) is 6.33 Å². The third kappa shape index (κ3) is 6.89. The predicted octanol–water partition coefficient (Wildman–Crippen LogP) is 8.80. The van der Waals surface area contributed by atoms with Gasteiger partial charge in [-0.2, -0.15) is 0 Å². The lowest BCUT2D eigenvalue weighted by molar-refractivity contribution is 0.305. The first-order valence-electron chi connectivity index (χ1n) is 12.3. The molecule has 0 nitrogen and oxygen atoms in total. The fraction of sp³-hybridized carbons (Fsp3) is 0.778. The van der Waals surface area contributed by atoms with Crippen LogP contribution >= 0.6 is 0 Å². The van der Waals surface area contributed by atoms with Crippen LogP contribution in [0.3, 0.4) is 0 Å². The van der Waals surface area contributed by atoms with Gasteiger partial charge in [-0.3, -0.25) is 0 Å². The molecule has 3 fully saturated rings. The van der Waals surface area contributed by atoms with Crippen LogP contribution in [-0.2, 0) is 0 Å². The first kappa shape index (κ1) is 21.8. The van der Waals surface area contributed by atoms with Crippen LogP contribution < -0.4 is 0 Å². The van der Waals surface area contributed by atoms with Crippen LogP contribution in [0.4, 0.5) is 4.39 Å². The zero-order valence-corrected chi connectivity index (χ0v) is 18.4. The highest BCUT2D eigenvalue weighted by atomic mass is 19.1. The first-order chi connectivity index (χ1) is 13.6. The lowest BCUT2D eigenvalue weighted by atomic mass is 9.75. The molecule has 0 aliphatic heterocycles. The molecule has 1 heteroatoms. The zero-order valence-electron chi connectivity index (χ0n) is 18.4. The summed E-state index contributed by atoms with van der Waals surface area (Å²) < 4.78 is 12.2. The Morgan fingerprint density at radius 1 is 0.750 bits per heavy atom. The van der Waals surface area contributed by atoms with Gasteiger partial charge >= 0.3 is 0 Å². The van der Waals surface area contributed by atoms with E-state index in [1.54, 1.807) is 11.6 Å². The van der Waals surface area contributed by atoms with Crippen molar-refractivity contribution in [3.8, 4) is 0 Å². The molecular formula is C27H43F. The van der Waals surface area contributed by atoms with Crippen molar-refractivity contribution in [1.29, 1.82) is 0 Å². The molecule has 28 heavy (non-hydrogen) atoms. The third-order valence-corrected chi connectivity index (χ3v) is 8.08. The smallest absolute Gasteiger partial charge is 0.0827 e. The van der Waals surface area contributed by atoms with Crippen LogP contribution in [0, 0.1) is 35.5 Å². The number of hydrogen-bond donors (Lipinski definition) is 0. The van der Waals surface area contributed by atoms with Gasteiger partial charge in [0.2, 0.25) is 0 Å². The lowest BCUT2D eigenvalue weighted by Gasteiger charge is -2.30. The molecule has 3 aliphatic carbocycles. The summed E-state index contributed by atoms with van der Waals surface area (Å²) in [5.74, 6) is 4.97. The number of allylic oxidation sites excluding steroid dienone is 5. The maximum absolute atomic E-state index is 12.2.